The van der Waals surface area contributed by atoms with Crippen LogP contribution in [-0.2, 0) is 11.6 Å². The number of nitrogens with zero attached hydrogens (tertiary/aromatic N) is 4. The second-order valence-corrected chi connectivity index (χ2v) is 7.92. The molecule has 9 heteroatoms. The third-order valence-electron chi connectivity index (χ3n) is 4.28. The average molecular weight is 427 g/mol. The predicted octanol–water partition coefficient (Wildman–Crippen LogP) is 4.52. The van der Waals surface area contributed by atoms with Crippen molar-refractivity contribution in [1.82, 2.24) is 14.9 Å². The number of rotatable bonds is 4. The first-order valence-electron chi connectivity index (χ1n) is 8.66. The molecule has 1 aromatic heterocycles. The number of hydrogen-bond donors (Lipinski definition) is 0. The Bertz CT molecular complexity index is 617. The lowest BCUT2D eigenvalue weighted by atomic mass is 9.95. The fraction of sp³-hybridized carbons (Fsp3) is 0.667. The molecule has 27 heavy (non-hydrogen) atoms. The molecule has 1 saturated heterocycles. The van der Waals surface area contributed by atoms with Gasteiger partial charge in [-0.1, -0.05) is 32.4 Å². The lowest BCUT2D eigenvalue weighted by Gasteiger charge is -2.35. The summed E-state index contributed by atoms with van der Waals surface area (Å²) >= 11 is 5.77. The van der Waals surface area contributed by atoms with E-state index in [1.165, 1.54) is 0 Å². The highest BCUT2D eigenvalue weighted by Crippen LogP contribution is 2.32. The Morgan fingerprint density at radius 3 is 2.22 bits per heavy atom. The van der Waals surface area contributed by atoms with Crippen molar-refractivity contribution in [1.29, 1.82) is 0 Å². The minimum Gasteiger partial charge on any atom is -0.354 e. The predicted molar refractivity (Wildman–Crippen MR) is 106 cm³/mol. The smallest absolute Gasteiger partial charge is 0.354 e. The molecule has 0 atom stereocenters. The first-order chi connectivity index (χ1) is 12.0. The van der Waals surface area contributed by atoms with E-state index >= 15 is 0 Å². The molecule has 0 spiro atoms. The van der Waals surface area contributed by atoms with Gasteiger partial charge in [0.15, 0.2) is 0 Å². The Hall–Kier alpha value is -1.05. The van der Waals surface area contributed by atoms with Crippen LogP contribution in [0.3, 0.4) is 0 Å². The number of allylic oxidation sites excluding steroid dienone is 1. The van der Waals surface area contributed by atoms with Crippen LogP contribution in [0.25, 0.3) is 0 Å². The molecule has 0 radical (unpaired) electrons. The van der Waals surface area contributed by atoms with Crippen molar-refractivity contribution in [3.05, 3.63) is 29.2 Å². The zero-order valence-corrected chi connectivity index (χ0v) is 17.7. The van der Waals surface area contributed by atoms with Crippen LogP contribution in [0.5, 0.6) is 0 Å². The van der Waals surface area contributed by atoms with Gasteiger partial charge in [-0.15, -0.1) is 24.0 Å². The van der Waals surface area contributed by atoms with Crippen LogP contribution in [-0.4, -0.2) is 53.5 Å². The van der Waals surface area contributed by atoms with Gasteiger partial charge in [0.2, 0.25) is 0 Å². The van der Waals surface area contributed by atoms with Crippen molar-refractivity contribution in [2.24, 2.45) is 0 Å². The third kappa shape index (κ3) is 6.80. The van der Waals surface area contributed by atoms with Gasteiger partial charge in [0, 0.05) is 50.1 Å². The van der Waals surface area contributed by atoms with Crippen LogP contribution in [0, 0.1) is 0 Å². The van der Waals surface area contributed by atoms with Crippen LogP contribution >= 0.6 is 24.0 Å². The molecule has 1 aromatic rings. The summed E-state index contributed by atoms with van der Waals surface area (Å²) in [7, 11) is 0. The molecule has 0 amide bonds. The number of hydrogen-bond acceptors (Lipinski definition) is 4. The Morgan fingerprint density at radius 1 is 1.15 bits per heavy atom. The standard InChI is InChI=1S/C18H26ClF3N4.ClH/c1-13(12-19)5-6-25-7-9-26(10-8-25)15-11-14(18(20,21)22)23-16(24-15)17(2,3)4;/h5,11H,6-10,12H2,1-4H3;1H/b13-5+;. The Morgan fingerprint density at radius 2 is 1.74 bits per heavy atom. The summed E-state index contributed by atoms with van der Waals surface area (Å²) in [6.07, 6.45) is -2.39. The van der Waals surface area contributed by atoms with Gasteiger partial charge in [0.1, 0.15) is 17.3 Å². The fourth-order valence-electron chi connectivity index (χ4n) is 2.58. The summed E-state index contributed by atoms with van der Waals surface area (Å²) < 4.78 is 39.7. The summed E-state index contributed by atoms with van der Waals surface area (Å²) in [6.45, 7) is 11.0. The van der Waals surface area contributed by atoms with Crippen molar-refractivity contribution in [2.45, 2.75) is 39.3 Å². The molecule has 0 saturated carbocycles. The number of piperazine rings is 1. The van der Waals surface area contributed by atoms with Crippen molar-refractivity contribution in [2.75, 3.05) is 43.5 Å². The van der Waals surface area contributed by atoms with Crippen LogP contribution in [0.4, 0.5) is 19.0 Å². The Balaban J connectivity index is 0.00000364. The maximum atomic E-state index is 13.2. The van der Waals surface area contributed by atoms with E-state index in [0.717, 1.165) is 31.3 Å². The van der Waals surface area contributed by atoms with Gasteiger partial charge in [0.25, 0.3) is 0 Å². The van der Waals surface area contributed by atoms with Crippen LogP contribution in [0.2, 0.25) is 0 Å². The van der Waals surface area contributed by atoms with E-state index < -0.39 is 17.3 Å². The highest BCUT2D eigenvalue weighted by Gasteiger charge is 2.35. The summed E-state index contributed by atoms with van der Waals surface area (Å²) in [5.74, 6) is 1.08. The topological polar surface area (TPSA) is 32.3 Å². The molecule has 0 unspecified atom stereocenters. The van der Waals surface area contributed by atoms with Crippen molar-refractivity contribution in [3.8, 4) is 0 Å². The first-order valence-corrected chi connectivity index (χ1v) is 9.20. The van der Waals surface area contributed by atoms with Crippen LogP contribution in [0.15, 0.2) is 17.7 Å². The number of anilines is 1. The molecular formula is C18H27Cl2F3N4. The Kier molecular flexibility index (Phi) is 8.38. The van der Waals surface area contributed by atoms with E-state index in [1.54, 1.807) is 0 Å². The monoisotopic (exact) mass is 426 g/mol. The van der Waals surface area contributed by atoms with Crippen molar-refractivity contribution in [3.63, 3.8) is 0 Å². The van der Waals surface area contributed by atoms with Gasteiger partial charge in [-0.2, -0.15) is 13.2 Å². The molecule has 0 aliphatic carbocycles. The van der Waals surface area contributed by atoms with Crippen molar-refractivity contribution < 1.29 is 13.2 Å². The molecule has 1 aliphatic rings. The second-order valence-electron chi connectivity index (χ2n) is 7.65. The van der Waals surface area contributed by atoms with Gasteiger partial charge in [-0.25, -0.2) is 9.97 Å². The fourth-order valence-corrected chi connectivity index (χ4v) is 2.69. The van der Waals surface area contributed by atoms with Gasteiger partial charge in [-0.3, -0.25) is 4.90 Å². The SMILES string of the molecule is C/C(=C\CN1CCN(c2cc(C(F)(F)F)nc(C(C)(C)C)n2)CC1)CCl.Cl. The molecule has 1 aliphatic heterocycles. The molecule has 0 N–H and O–H groups in total. The zero-order chi connectivity index (χ0) is 19.5. The lowest BCUT2D eigenvalue weighted by Crippen LogP contribution is -2.47. The maximum Gasteiger partial charge on any atom is 0.433 e. The molecular weight excluding hydrogens is 400 g/mol. The highest BCUT2D eigenvalue weighted by molar-refractivity contribution is 6.19. The molecule has 0 aromatic carbocycles. The summed E-state index contributed by atoms with van der Waals surface area (Å²) in [5.41, 5.74) is -0.313. The average Bonchev–Trinajstić information content (AvgIpc) is 2.58. The number of alkyl halides is 4. The van der Waals surface area contributed by atoms with Crippen LogP contribution in [0.1, 0.15) is 39.2 Å². The molecule has 2 rings (SSSR count). The largest absolute Gasteiger partial charge is 0.433 e. The Labute approximate surface area is 170 Å². The molecule has 1 fully saturated rings. The van der Waals surface area contributed by atoms with Gasteiger partial charge in [0.05, 0.1) is 0 Å². The molecule has 2 heterocycles. The minimum absolute atomic E-state index is 0. The van der Waals surface area contributed by atoms with E-state index in [9.17, 15) is 13.2 Å². The molecule has 154 valence electrons. The summed E-state index contributed by atoms with van der Waals surface area (Å²) in [4.78, 5) is 12.3. The molecule has 0 bridgehead atoms. The van der Waals surface area contributed by atoms with Gasteiger partial charge < -0.3 is 4.90 Å². The number of halogens is 5. The van der Waals surface area contributed by atoms with Crippen molar-refractivity contribution >= 4 is 29.8 Å². The van der Waals surface area contributed by atoms with Gasteiger partial charge in [-0.05, 0) is 6.92 Å². The molecule has 4 nitrogen and oxygen atoms in total. The van der Waals surface area contributed by atoms with Crippen LogP contribution < -0.4 is 4.90 Å². The number of aromatic nitrogens is 2. The lowest BCUT2D eigenvalue weighted by molar-refractivity contribution is -0.141. The quantitative estimate of drug-likeness (QED) is 0.523. The van der Waals surface area contributed by atoms with E-state index in [0.29, 0.717) is 24.8 Å². The highest BCUT2D eigenvalue weighted by atomic mass is 35.5. The van der Waals surface area contributed by atoms with E-state index in [2.05, 4.69) is 20.9 Å². The second kappa shape index (κ2) is 9.43. The summed E-state index contributed by atoms with van der Waals surface area (Å²) in [5, 5.41) is 0. The van der Waals surface area contributed by atoms with E-state index in [1.807, 2.05) is 32.6 Å². The van der Waals surface area contributed by atoms with E-state index in [-0.39, 0.29) is 18.2 Å². The summed E-state index contributed by atoms with van der Waals surface area (Å²) in [6, 6.07) is 1.06. The van der Waals surface area contributed by atoms with Gasteiger partial charge >= 0.3 is 6.18 Å². The maximum absolute atomic E-state index is 13.2. The zero-order valence-electron chi connectivity index (χ0n) is 16.1. The first kappa shape index (κ1) is 24.0. The normalized spacial score (nSPS) is 17.0. The minimum atomic E-state index is -4.48. The van der Waals surface area contributed by atoms with E-state index in [4.69, 9.17) is 11.6 Å². The third-order valence-corrected chi connectivity index (χ3v) is 4.70.